The van der Waals surface area contributed by atoms with E-state index in [-0.39, 0.29) is 11.9 Å². The van der Waals surface area contributed by atoms with Crippen LogP contribution in [0, 0.1) is 0 Å². The Kier molecular flexibility index (Phi) is 5.80. The Balaban J connectivity index is 1.97. The summed E-state index contributed by atoms with van der Waals surface area (Å²) in [7, 11) is 1.69. The fraction of sp³-hybridized carbons (Fsp3) is 0.588. The fourth-order valence-corrected chi connectivity index (χ4v) is 3.19. The quantitative estimate of drug-likeness (QED) is 0.868. The van der Waals surface area contributed by atoms with Gasteiger partial charge in [0, 0.05) is 32.2 Å². The minimum atomic E-state index is -0.211. The normalized spacial score (nSPS) is 19.6. The monoisotopic (exact) mass is 305 g/mol. The summed E-state index contributed by atoms with van der Waals surface area (Å²) >= 11 is 0. The third-order valence-corrected chi connectivity index (χ3v) is 4.63. The van der Waals surface area contributed by atoms with E-state index in [9.17, 15) is 4.79 Å². The van der Waals surface area contributed by atoms with Gasteiger partial charge in [0.25, 0.3) is 0 Å². The Morgan fingerprint density at radius 1 is 1.27 bits per heavy atom. The molecule has 1 aliphatic heterocycles. The highest BCUT2D eigenvalue weighted by Gasteiger charge is 2.28. The number of primary amides is 1. The van der Waals surface area contributed by atoms with E-state index in [4.69, 9.17) is 10.5 Å². The first-order valence-corrected chi connectivity index (χ1v) is 7.98. The molecule has 2 rings (SSSR count). The van der Waals surface area contributed by atoms with Crippen molar-refractivity contribution in [2.24, 2.45) is 5.73 Å². The maximum Gasteiger partial charge on any atom is 0.234 e. The molecule has 5 heteroatoms. The maximum absolute atomic E-state index is 11.5. The molecule has 2 N–H and O–H groups in total. The molecule has 1 fully saturated rings. The fourth-order valence-electron chi connectivity index (χ4n) is 3.19. The predicted molar refractivity (Wildman–Crippen MR) is 87.8 cm³/mol. The van der Waals surface area contributed by atoms with Crippen LogP contribution < -0.4 is 10.5 Å². The number of hydrogen-bond acceptors (Lipinski definition) is 4. The largest absolute Gasteiger partial charge is 0.497 e. The standard InChI is InChI=1S/C17H27N3O2/c1-4-16(17(18)21)20-10-8-19(9-11-20)13(2)14-6-5-7-15(12-14)22-3/h5-7,12-13,16H,4,8-11H2,1-3H3,(H2,18,21)/t13-,16-/m0/s1. The summed E-state index contributed by atoms with van der Waals surface area (Å²) in [6.07, 6.45) is 0.779. The molecule has 0 radical (unpaired) electrons. The van der Waals surface area contributed by atoms with E-state index in [1.807, 2.05) is 19.1 Å². The van der Waals surface area contributed by atoms with E-state index < -0.39 is 0 Å². The first-order chi connectivity index (χ1) is 10.6. The predicted octanol–water partition coefficient (Wildman–Crippen LogP) is 1.64. The third kappa shape index (κ3) is 3.78. The number of hydrogen-bond donors (Lipinski definition) is 1. The van der Waals surface area contributed by atoms with Crippen molar-refractivity contribution in [1.29, 1.82) is 0 Å². The number of nitrogens with two attached hydrogens (primary N) is 1. The smallest absolute Gasteiger partial charge is 0.234 e. The first kappa shape index (κ1) is 16.8. The van der Waals surface area contributed by atoms with E-state index in [0.29, 0.717) is 6.04 Å². The van der Waals surface area contributed by atoms with Gasteiger partial charge in [-0.2, -0.15) is 0 Å². The average Bonchev–Trinajstić information content (AvgIpc) is 2.55. The molecule has 0 aliphatic carbocycles. The van der Waals surface area contributed by atoms with Gasteiger partial charge in [0.05, 0.1) is 13.2 Å². The number of rotatable bonds is 6. The summed E-state index contributed by atoms with van der Waals surface area (Å²) in [6, 6.07) is 8.43. The molecule has 5 nitrogen and oxygen atoms in total. The molecule has 0 saturated carbocycles. The van der Waals surface area contributed by atoms with Gasteiger partial charge in [-0.25, -0.2) is 0 Å². The summed E-state index contributed by atoms with van der Waals surface area (Å²) < 4.78 is 5.30. The molecular formula is C17H27N3O2. The van der Waals surface area contributed by atoms with Crippen LogP contribution >= 0.6 is 0 Å². The maximum atomic E-state index is 11.5. The van der Waals surface area contributed by atoms with Gasteiger partial charge < -0.3 is 10.5 Å². The topological polar surface area (TPSA) is 58.8 Å². The summed E-state index contributed by atoms with van der Waals surface area (Å²) in [5.74, 6) is 0.680. The number of carbonyl (C=O) groups is 1. The van der Waals surface area contributed by atoms with Gasteiger partial charge >= 0.3 is 0 Å². The van der Waals surface area contributed by atoms with E-state index in [0.717, 1.165) is 38.3 Å². The van der Waals surface area contributed by atoms with Crippen LogP contribution in [0.25, 0.3) is 0 Å². The van der Waals surface area contributed by atoms with Crippen molar-refractivity contribution in [3.8, 4) is 5.75 Å². The van der Waals surface area contributed by atoms with Crippen molar-refractivity contribution in [2.45, 2.75) is 32.4 Å². The van der Waals surface area contributed by atoms with Gasteiger partial charge in [-0.05, 0) is 31.0 Å². The SMILES string of the molecule is CC[C@@H](C(N)=O)N1CCN([C@@H](C)c2cccc(OC)c2)CC1. The molecule has 1 aliphatic rings. The van der Waals surface area contributed by atoms with Crippen LogP contribution in [0.4, 0.5) is 0 Å². The van der Waals surface area contributed by atoms with Gasteiger partial charge in [-0.3, -0.25) is 14.6 Å². The van der Waals surface area contributed by atoms with Crippen molar-refractivity contribution in [1.82, 2.24) is 9.80 Å². The van der Waals surface area contributed by atoms with Crippen molar-refractivity contribution >= 4 is 5.91 Å². The number of ether oxygens (including phenoxy) is 1. The molecule has 122 valence electrons. The van der Waals surface area contributed by atoms with E-state index in [1.165, 1.54) is 5.56 Å². The lowest BCUT2D eigenvalue weighted by Crippen LogP contribution is -2.54. The number of methoxy groups -OCH3 is 1. The van der Waals surface area contributed by atoms with Gasteiger partial charge in [-0.1, -0.05) is 19.1 Å². The summed E-state index contributed by atoms with van der Waals surface area (Å²) in [6.45, 7) is 7.90. The molecule has 1 saturated heterocycles. The van der Waals surface area contributed by atoms with Crippen molar-refractivity contribution in [3.63, 3.8) is 0 Å². The Hall–Kier alpha value is -1.59. The first-order valence-electron chi connectivity index (χ1n) is 7.98. The molecule has 1 amide bonds. The van der Waals surface area contributed by atoms with Gasteiger partial charge in [-0.15, -0.1) is 0 Å². The minimum absolute atomic E-state index is 0.130. The van der Waals surface area contributed by atoms with Crippen LogP contribution in [0.1, 0.15) is 31.9 Å². The zero-order valence-corrected chi connectivity index (χ0v) is 13.8. The Labute approximate surface area is 133 Å². The lowest BCUT2D eigenvalue weighted by molar-refractivity contribution is -0.124. The zero-order chi connectivity index (χ0) is 16.1. The second-order valence-corrected chi connectivity index (χ2v) is 5.85. The molecule has 1 heterocycles. The Morgan fingerprint density at radius 3 is 2.45 bits per heavy atom. The average molecular weight is 305 g/mol. The molecule has 22 heavy (non-hydrogen) atoms. The highest BCUT2D eigenvalue weighted by molar-refractivity contribution is 5.79. The molecule has 1 aromatic rings. The van der Waals surface area contributed by atoms with Crippen LogP contribution in [-0.2, 0) is 4.79 Å². The van der Waals surface area contributed by atoms with Crippen molar-refractivity contribution in [3.05, 3.63) is 29.8 Å². The molecule has 2 atom stereocenters. The molecular weight excluding hydrogens is 278 g/mol. The van der Waals surface area contributed by atoms with Crippen LogP contribution in [0.5, 0.6) is 5.75 Å². The van der Waals surface area contributed by atoms with Gasteiger partial charge in [0.2, 0.25) is 5.91 Å². The molecule has 0 unspecified atom stereocenters. The highest BCUT2D eigenvalue weighted by atomic mass is 16.5. The van der Waals surface area contributed by atoms with Crippen molar-refractivity contribution in [2.75, 3.05) is 33.3 Å². The lowest BCUT2D eigenvalue weighted by Gasteiger charge is -2.40. The zero-order valence-electron chi connectivity index (χ0n) is 13.8. The van der Waals surface area contributed by atoms with Gasteiger partial charge in [0.15, 0.2) is 0 Å². The van der Waals surface area contributed by atoms with Crippen molar-refractivity contribution < 1.29 is 9.53 Å². The van der Waals surface area contributed by atoms with E-state index in [2.05, 4.69) is 28.9 Å². The number of amides is 1. The third-order valence-electron chi connectivity index (χ3n) is 4.63. The summed E-state index contributed by atoms with van der Waals surface area (Å²) in [5.41, 5.74) is 6.75. The number of piperazine rings is 1. The lowest BCUT2D eigenvalue weighted by atomic mass is 10.0. The molecule has 0 bridgehead atoms. The minimum Gasteiger partial charge on any atom is -0.497 e. The number of benzene rings is 1. The summed E-state index contributed by atoms with van der Waals surface area (Å²) in [5, 5.41) is 0. The van der Waals surface area contributed by atoms with Crippen LogP contribution in [0.3, 0.4) is 0 Å². The summed E-state index contributed by atoms with van der Waals surface area (Å²) in [4.78, 5) is 16.1. The highest BCUT2D eigenvalue weighted by Crippen LogP contribution is 2.25. The second kappa shape index (κ2) is 7.61. The molecule has 0 spiro atoms. The second-order valence-electron chi connectivity index (χ2n) is 5.85. The van der Waals surface area contributed by atoms with Crippen LogP contribution in [-0.4, -0.2) is 55.0 Å². The van der Waals surface area contributed by atoms with Crippen LogP contribution in [0.2, 0.25) is 0 Å². The number of nitrogens with zero attached hydrogens (tertiary/aromatic N) is 2. The molecule has 0 aromatic heterocycles. The van der Waals surface area contributed by atoms with Gasteiger partial charge in [0.1, 0.15) is 5.75 Å². The number of carbonyl (C=O) groups excluding carboxylic acids is 1. The van der Waals surface area contributed by atoms with Crippen LogP contribution in [0.15, 0.2) is 24.3 Å². The van der Waals surface area contributed by atoms with E-state index >= 15 is 0 Å². The Morgan fingerprint density at radius 2 is 1.91 bits per heavy atom. The molecule has 1 aromatic carbocycles. The Bertz CT molecular complexity index is 498. The van der Waals surface area contributed by atoms with E-state index in [1.54, 1.807) is 7.11 Å².